The summed E-state index contributed by atoms with van der Waals surface area (Å²) in [5, 5.41) is 31.6. The zero-order valence-electron chi connectivity index (χ0n) is 36.7. The van der Waals surface area contributed by atoms with Gasteiger partial charge in [0.05, 0.1) is 23.5 Å². The SMILES string of the molecule is C[C@@H](c1ccc(-c2ccc(=O)[nH]n2)cc1)N1CC[C@](CCCO)(c2ccc(F)cc2)OC1=O.C[C@@H](c1ccc(-c2ccc(=O)[nH]n2)cc1)N1CC[C@](CCCO)(c2ccc(F)cc2)OC1=O. The van der Waals surface area contributed by atoms with Gasteiger partial charge in [-0.15, -0.1) is 0 Å². The Morgan fingerprint density at radius 1 is 0.561 bits per heavy atom. The molecule has 0 unspecified atom stereocenters. The van der Waals surface area contributed by atoms with Crippen molar-refractivity contribution in [3.63, 3.8) is 0 Å². The molecule has 4 atom stereocenters. The fraction of sp³-hybridized carbons (Fsp3) is 0.320. The molecule has 0 saturated carbocycles. The first-order valence-corrected chi connectivity index (χ1v) is 21.9. The number of hydrogen-bond donors (Lipinski definition) is 4. The second-order valence-electron chi connectivity index (χ2n) is 16.5. The molecule has 0 aliphatic carbocycles. The number of aromatic nitrogens is 4. The van der Waals surface area contributed by atoms with Gasteiger partial charge in [-0.2, -0.15) is 10.2 Å². The molecule has 16 heteroatoms. The lowest BCUT2D eigenvalue weighted by atomic mass is 9.84. The zero-order chi connectivity index (χ0) is 46.8. The zero-order valence-corrected chi connectivity index (χ0v) is 36.7. The summed E-state index contributed by atoms with van der Waals surface area (Å²) >= 11 is 0. The summed E-state index contributed by atoms with van der Waals surface area (Å²) in [4.78, 5) is 51.9. The molecule has 8 rings (SSSR count). The largest absolute Gasteiger partial charge is 0.438 e. The number of amides is 2. The first kappa shape index (κ1) is 46.9. The van der Waals surface area contributed by atoms with E-state index in [1.54, 1.807) is 46.2 Å². The molecule has 0 bridgehead atoms. The molecule has 4 N–H and O–H groups in total. The molecule has 4 heterocycles. The number of cyclic esters (lactones) is 2. The Labute approximate surface area is 379 Å². The third-order valence-electron chi connectivity index (χ3n) is 12.4. The monoisotopic (exact) mass is 902 g/mol. The Kier molecular flexibility index (Phi) is 14.8. The highest BCUT2D eigenvalue weighted by molar-refractivity contribution is 5.71. The Hall–Kier alpha value is -7.04. The molecule has 66 heavy (non-hydrogen) atoms. The minimum Gasteiger partial charge on any atom is -0.438 e. The van der Waals surface area contributed by atoms with Crippen molar-refractivity contribution in [2.75, 3.05) is 26.3 Å². The van der Waals surface area contributed by atoms with E-state index in [2.05, 4.69) is 20.4 Å². The van der Waals surface area contributed by atoms with Gasteiger partial charge in [-0.1, -0.05) is 72.8 Å². The lowest BCUT2D eigenvalue weighted by Gasteiger charge is -2.43. The predicted octanol–water partition coefficient (Wildman–Crippen LogP) is 8.29. The van der Waals surface area contributed by atoms with Gasteiger partial charge in [-0.3, -0.25) is 9.59 Å². The molecule has 2 fully saturated rings. The highest BCUT2D eigenvalue weighted by atomic mass is 19.1. The van der Waals surface area contributed by atoms with Crippen LogP contribution in [0.3, 0.4) is 0 Å². The molecule has 0 radical (unpaired) electrons. The van der Waals surface area contributed by atoms with Crippen molar-refractivity contribution >= 4 is 12.2 Å². The average molecular weight is 903 g/mol. The summed E-state index contributed by atoms with van der Waals surface area (Å²) in [5.74, 6) is -0.706. The van der Waals surface area contributed by atoms with Crippen LogP contribution in [-0.2, 0) is 20.7 Å². The number of aliphatic hydroxyl groups excluding tert-OH is 2. The van der Waals surface area contributed by atoms with Crippen molar-refractivity contribution in [1.29, 1.82) is 0 Å². The maximum atomic E-state index is 13.4. The van der Waals surface area contributed by atoms with Crippen LogP contribution in [-0.4, -0.2) is 78.9 Å². The topological polar surface area (TPSA) is 191 Å². The molecular formula is C50H52F2N6O8. The quantitative estimate of drug-likeness (QED) is 0.0827. The van der Waals surface area contributed by atoms with Crippen molar-refractivity contribution in [2.24, 2.45) is 0 Å². The van der Waals surface area contributed by atoms with Crippen LogP contribution in [0.15, 0.2) is 131 Å². The Balaban J connectivity index is 0.000000196. The highest BCUT2D eigenvalue weighted by Gasteiger charge is 2.44. The van der Waals surface area contributed by atoms with E-state index in [-0.39, 0.29) is 48.1 Å². The smallest absolute Gasteiger partial charge is 0.411 e. The third kappa shape index (κ3) is 10.7. The summed E-state index contributed by atoms with van der Waals surface area (Å²) in [6, 6.07) is 33.0. The number of ether oxygens (including phenoxy) is 2. The standard InChI is InChI=1S/2C25H26FN3O4/c2*1-17(18-3-5-19(6-4-18)22-11-12-23(31)28-27-22)29-15-14-25(13-2-16-30,33-24(29)32)20-7-9-21(26)10-8-20/h2*3-12,17,30H,2,13-16H2,1H3,(H,28,31)/t2*17-,25+/m00/s1. The number of carbonyl (C=O) groups is 2. The first-order chi connectivity index (χ1) is 31.8. The van der Waals surface area contributed by atoms with Gasteiger partial charge in [0.25, 0.3) is 11.1 Å². The number of nitrogens with zero attached hydrogens (tertiary/aromatic N) is 4. The first-order valence-electron chi connectivity index (χ1n) is 21.9. The van der Waals surface area contributed by atoms with Gasteiger partial charge in [0.1, 0.15) is 22.8 Å². The second kappa shape index (κ2) is 20.9. The van der Waals surface area contributed by atoms with Crippen LogP contribution in [0.5, 0.6) is 0 Å². The summed E-state index contributed by atoms with van der Waals surface area (Å²) in [6.07, 6.45) is 2.06. The lowest BCUT2D eigenvalue weighted by Crippen LogP contribution is -2.48. The fourth-order valence-electron chi connectivity index (χ4n) is 8.56. The minimum atomic E-state index is -0.885. The molecule has 2 aromatic heterocycles. The molecule has 14 nitrogen and oxygen atoms in total. The summed E-state index contributed by atoms with van der Waals surface area (Å²) in [7, 11) is 0. The Bertz CT molecular complexity index is 2470. The van der Waals surface area contributed by atoms with E-state index in [9.17, 15) is 38.2 Å². The molecule has 6 aromatic rings. The van der Waals surface area contributed by atoms with Crippen molar-refractivity contribution in [3.8, 4) is 22.5 Å². The summed E-state index contributed by atoms with van der Waals surface area (Å²) in [5.41, 5.74) is 4.05. The number of rotatable bonds is 14. The predicted molar refractivity (Wildman–Crippen MR) is 242 cm³/mol. The molecule has 2 saturated heterocycles. The van der Waals surface area contributed by atoms with E-state index in [4.69, 9.17) is 9.47 Å². The van der Waals surface area contributed by atoms with E-state index < -0.39 is 23.4 Å². The maximum absolute atomic E-state index is 13.4. The Morgan fingerprint density at radius 2 is 0.924 bits per heavy atom. The third-order valence-corrected chi connectivity index (χ3v) is 12.4. The molecular weight excluding hydrogens is 851 g/mol. The molecule has 0 spiro atoms. The van der Waals surface area contributed by atoms with E-state index in [1.165, 1.54) is 36.4 Å². The molecule has 2 aliphatic rings. The number of aliphatic hydroxyl groups is 2. The number of H-pyrrole nitrogens is 2. The number of benzene rings is 4. The molecule has 2 aliphatic heterocycles. The number of halogens is 2. The van der Waals surface area contributed by atoms with Gasteiger partial charge in [-0.25, -0.2) is 28.6 Å². The van der Waals surface area contributed by atoms with Crippen molar-refractivity contribution in [2.45, 2.75) is 75.7 Å². The van der Waals surface area contributed by atoms with E-state index in [1.807, 2.05) is 62.4 Å². The van der Waals surface area contributed by atoms with Crippen molar-refractivity contribution in [3.05, 3.63) is 176 Å². The van der Waals surface area contributed by atoms with Crippen LogP contribution in [0.1, 0.15) is 86.7 Å². The number of aromatic amines is 2. The van der Waals surface area contributed by atoms with Crippen LogP contribution in [0, 0.1) is 11.6 Å². The van der Waals surface area contributed by atoms with Crippen LogP contribution < -0.4 is 11.1 Å². The van der Waals surface area contributed by atoms with Crippen LogP contribution in [0.4, 0.5) is 18.4 Å². The van der Waals surface area contributed by atoms with Crippen LogP contribution in [0.2, 0.25) is 0 Å². The summed E-state index contributed by atoms with van der Waals surface area (Å²) in [6.45, 7) is 4.77. The Morgan fingerprint density at radius 3 is 1.23 bits per heavy atom. The molecule has 4 aromatic carbocycles. The van der Waals surface area contributed by atoms with Gasteiger partial charge < -0.3 is 29.5 Å². The van der Waals surface area contributed by atoms with Gasteiger partial charge >= 0.3 is 12.2 Å². The molecule has 2 amide bonds. The second-order valence-corrected chi connectivity index (χ2v) is 16.5. The highest BCUT2D eigenvalue weighted by Crippen LogP contribution is 2.42. The fourth-order valence-corrected chi connectivity index (χ4v) is 8.56. The number of hydrogen-bond acceptors (Lipinski definition) is 10. The van der Waals surface area contributed by atoms with Crippen molar-refractivity contribution < 1.29 is 38.1 Å². The van der Waals surface area contributed by atoms with Gasteiger partial charge in [0, 0.05) is 62.4 Å². The van der Waals surface area contributed by atoms with Crippen LogP contribution >= 0.6 is 0 Å². The van der Waals surface area contributed by atoms with Gasteiger partial charge in [-0.05, 0) is 98.2 Å². The molecule has 344 valence electrons. The number of nitrogens with one attached hydrogen (secondary N) is 2. The average Bonchev–Trinajstić information content (AvgIpc) is 3.33. The van der Waals surface area contributed by atoms with Gasteiger partial charge in [0.15, 0.2) is 0 Å². The van der Waals surface area contributed by atoms with Crippen LogP contribution in [0.25, 0.3) is 22.5 Å². The lowest BCUT2D eigenvalue weighted by molar-refractivity contribution is -0.0685. The van der Waals surface area contributed by atoms with E-state index in [0.717, 1.165) is 33.4 Å². The maximum Gasteiger partial charge on any atom is 0.411 e. The number of carbonyl (C=O) groups excluding carboxylic acids is 2. The summed E-state index contributed by atoms with van der Waals surface area (Å²) < 4.78 is 38.8. The normalized spacial score (nSPS) is 19.2. The van der Waals surface area contributed by atoms with E-state index in [0.29, 0.717) is 63.0 Å². The minimum absolute atomic E-state index is 0.0167. The van der Waals surface area contributed by atoms with Gasteiger partial charge in [0.2, 0.25) is 0 Å². The van der Waals surface area contributed by atoms with Crippen molar-refractivity contribution in [1.82, 2.24) is 30.2 Å². The van der Waals surface area contributed by atoms with E-state index >= 15 is 0 Å².